The Labute approximate surface area is 273 Å². The molecule has 2 aliphatic heterocycles. The van der Waals surface area contributed by atoms with Gasteiger partial charge in [-0.15, -0.1) is 11.3 Å². The number of benzene rings is 2. The monoisotopic (exact) mass is 660 g/mol. The Morgan fingerprint density at radius 2 is 2.09 bits per heavy atom. The van der Waals surface area contributed by atoms with E-state index < -0.39 is 5.82 Å². The largest absolute Gasteiger partial charge is 0.459 e. The molecule has 236 valence electrons. The van der Waals surface area contributed by atoms with Gasteiger partial charge >= 0.3 is 6.01 Å². The molecule has 0 saturated carbocycles. The summed E-state index contributed by atoms with van der Waals surface area (Å²) in [5.74, 6) is 0.0428. The standard InChI is InChI=1S/C32H30ClFN8O3S/c1-15(23-9-17(43-3)12-42(23)2)45-32-39-28-26(31(40-32)37-11-16-5-4-8-38-41-16)21-14-44-13-20(21)24(27(28)33)18-6-7-22(34)29-25(18)19(10-35)30(36)46-29/h4-8,15,17,23H,9,11-14,36H2,1-3H3,(H,37,39,40)/t15-,17+,23-/m0/s1. The number of nitriles is 1. The summed E-state index contributed by atoms with van der Waals surface area (Å²) in [6.07, 6.45) is 2.26. The first-order valence-corrected chi connectivity index (χ1v) is 15.9. The Morgan fingerprint density at radius 1 is 1.26 bits per heavy atom. The molecule has 2 aliphatic rings. The zero-order valence-corrected chi connectivity index (χ0v) is 26.9. The molecule has 3 aromatic heterocycles. The van der Waals surface area contributed by atoms with Crippen molar-refractivity contribution in [1.82, 2.24) is 25.1 Å². The van der Waals surface area contributed by atoms with E-state index in [2.05, 4.69) is 26.5 Å². The lowest BCUT2D eigenvalue weighted by Crippen LogP contribution is -2.38. The Hall–Kier alpha value is -4.19. The number of nitrogens with two attached hydrogens (primary N) is 1. The van der Waals surface area contributed by atoms with Gasteiger partial charge in [-0.3, -0.25) is 4.90 Å². The van der Waals surface area contributed by atoms with Crippen molar-refractivity contribution in [3.8, 4) is 23.2 Å². The summed E-state index contributed by atoms with van der Waals surface area (Å²) in [6.45, 7) is 3.66. The van der Waals surface area contributed by atoms with Crippen molar-refractivity contribution in [1.29, 1.82) is 5.26 Å². The first-order valence-electron chi connectivity index (χ1n) is 14.7. The van der Waals surface area contributed by atoms with Gasteiger partial charge in [0, 0.05) is 36.8 Å². The highest BCUT2D eigenvalue weighted by Gasteiger charge is 2.35. The second-order valence-electron chi connectivity index (χ2n) is 11.5. The molecule has 0 unspecified atom stereocenters. The van der Waals surface area contributed by atoms with Crippen molar-refractivity contribution >= 4 is 54.7 Å². The molecule has 0 aliphatic carbocycles. The number of nitrogens with one attached hydrogen (secondary N) is 1. The SMILES string of the molecule is CO[C@@H]1C[C@@H]([C@H](C)Oc2nc(NCc3cccnn3)c3c4c(c(-c5ccc(F)c6sc(N)c(C#N)c56)c(Cl)c3n2)COC4)N(C)C1. The molecule has 3 N–H and O–H groups in total. The predicted octanol–water partition coefficient (Wildman–Crippen LogP) is 5.68. The van der Waals surface area contributed by atoms with E-state index in [4.69, 9.17) is 41.5 Å². The minimum atomic E-state index is -0.461. The van der Waals surface area contributed by atoms with Crippen molar-refractivity contribution < 1.29 is 18.6 Å². The Morgan fingerprint density at radius 3 is 2.83 bits per heavy atom. The molecule has 5 heterocycles. The van der Waals surface area contributed by atoms with Gasteiger partial charge in [-0.05, 0) is 55.3 Å². The number of likely N-dealkylation sites (tertiary alicyclic amines) is 1. The van der Waals surface area contributed by atoms with Gasteiger partial charge in [0.25, 0.3) is 0 Å². The topological polar surface area (TPSA) is 144 Å². The van der Waals surface area contributed by atoms with Gasteiger partial charge in [-0.25, -0.2) is 4.39 Å². The highest BCUT2D eigenvalue weighted by atomic mass is 35.5. The van der Waals surface area contributed by atoms with Crippen LogP contribution >= 0.6 is 22.9 Å². The number of hydrogen-bond donors (Lipinski definition) is 2. The highest BCUT2D eigenvalue weighted by molar-refractivity contribution is 7.23. The van der Waals surface area contributed by atoms with E-state index in [1.807, 2.05) is 26.1 Å². The maximum Gasteiger partial charge on any atom is 0.319 e. The van der Waals surface area contributed by atoms with Crippen LogP contribution in [0, 0.1) is 17.1 Å². The number of methoxy groups -OCH3 is 1. The van der Waals surface area contributed by atoms with Gasteiger partial charge in [0.1, 0.15) is 28.8 Å². The summed E-state index contributed by atoms with van der Waals surface area (Å²) in [5, 5.41) is 23.2. The van der Waals surface area contributed by atoms with Crippen LogP contribution in [0.1, 0.15) is 35.7 Å². The van der Waals surface area contributed by atoms with Gasteiger partial charge in [0.05, 0.1) is 57.7 Å². The van der Waals surface area contributed by atoms with E-state index in [0.717, 1.165) is 35.4 Å². The smallest absolute Gasteiger partial charge is 0.319 e. The predicted molar refractivity (Wildman–Crippen MR) is 174 cm³/mol. The zero-order valence-electron chi connectivity index (χ0n) is 25.3. The van der Waals surface area contributed by atoms with Crippen molar-refractivity contribution in [3.63, 3.8) is 0 Å². The van der Waals surface area contributed by atoms with Crippen LogP contribution in [0.5, 0.6) is 6.01 Å². The number of ether oxygens (including phenoxy) is 3. The van der Waals surface area contributed by atoms with Crippen LogP contribution in [0.15, 0.2) is 30.5 Å². The molecule has 3 atom stereocenters. The van der Waals surface area contributed by atoms with E-state index in [1.54, 1.807) is 19.4 Å². The maximum absolute atomic E-state index is 15.0. The summed E-state index contributed by atoms with van der Waals surface area (Å²) in [4.78, 5) is 11.9. The number of fused-ring (bicyclic) bond motifs is 4. The van der Waals surface area contributed by atoms with Crippen molar-refractivity contribution in [3.05, 3.63) is 63.7 Å². The third kappa shape index (κ3) is 5.16. The maximum atomic E-state index is 15.0. The molecule has 11 nitrogen and oxygen atoms in total. The van der Waals surface area contributed by atoms with Gasteiger partial charge < -0.3 is 25.3 Å². The summed E-state index contributed by atoms with van der Waals surface area (Å²) in [7, 11) is 3.76. The van der Waals surface area contributed by atoms with Crippen LogP contribution in [0.2, 0.25) is 5.02 Å². The molecule has 5 aromatic rings. The number of anilines is 2. The average Bonchev–Trinajstić information content (AvgIpc) is 3.78. The lowest BCUT2D eigenvalue weighted by atomic mass is 9.91. The highest BCUT2D eigenvalue weighted by Crippen LogP contribution is 2.49. The average molecular weight is 661 g/mol. The lowest BCUT2D eigenvalue weighted by Gasteiger charge is -2.26. The van der Waals surface area contributed by atoms with Crippen molar-refractivity contribution in [2.45, 2.75) is 51.4 Å². The molecular weight excluding hydrogens is 631 g/mol. The second kappa shape index (κ2) is 12.2. The zero-order chi connectivity index (χ0) is 32.1. The number of aromatic nitrogens is 4. The number of rotatable bonds is 8. The Balaban J connectivity index is 1.42. The van der Waals surface area contributed by atoms with Gasteiger partial charge in [0.2, 0.25) is 0 Å². The molecule has 0 spiro atoms. The van der Waals surface area contributed by atoms with E-state index in [1.165, 1.54) is 6.07 Å². The normalized spacial score (nSPS) is 18.6. The van der Waals surface area contributed by atoms with Crippen LogP contribution in [-0.2, 0) is 29.2 Å². The number of nitrogen functional groups attached to an aromatic ring is 1. The fraction of sp³-hybridized carbons (Fsp3) is 0.344. The molecular formula is C32H30ClFN8O3S. The number of halogens is 2. The molecule has 0 amide bonds. The van der Waals surface area contributed by atoms with Gasteiger partial charge in [-0.1, -0.05) is 17.7 Å². The Kier molecular flexibility index (Phi) is 8.08. The third-order valence-electron chi connectivity index (χ3n) is 8.77. The van der Waals surface area contributed by atoms with Crippen molar-refractivity contribution in [2.24, 2.45) is 0 Å². The molecule has 2 aromatic carbocycles. The van der Waals surface area contributed by atoms with E-state index in [9.17, 15) is 5.26 Å². The minimum absolute atomic E-state index is 0.0839. The van der Waals surface area contributed by atoms with E-state index in [-0.39, 0.29) is 52.7 Å². The van der Waals surface area contributed by atoms with Gasteiger partial charge in [-0.2, -0.15) is 25.4 Å². The van der Waals surface area contributed by atoms with E-state index in [0.29, 0.717) is 50.5 Å². The number of likely N-dealkylation sites (N-methyl/N-ethyl adjacent to an activating group) is 1. The summed E-state index contributed by atoms with van der Waals surface area (Å²) >= 11 is 8.35. The van der Waals surface area contributed by atoms with Crippen LogP contribution in [0.25, 0.3) is 32.1 Å². The molecule has 0 radical (unpaired) electrons. The number of thiophene rings is 1. The lowest BCUT2D eigenvalue weighted by molar-refractivity contribution is 0.106. The molecule has 1 saturated heterocycles. The molecule has 7 rings (SSSR count). The third-order valence-corrected chi connectivity index (χ3v) is 10.2. The fourth-order valence-electron chi connectivity index (χ4n) is 6.53. The number of nitrogens with zero attached hydrogens (tertiary/aromatic N) is 6. The van der Waals surface area contributed by atoms with Crippen LogP contribution in [0.3, 0.4) is 0 Å². The molecule has 0 bridgehead atoms. The van der Waals surface area contributed by atoms with Crippen molar-refractivity contribution in [2.75, 3.05) is 31.8 Å². The first kappa shape index (κ1) is 30.5. The minimum Gasteiger partial charge on any atom is -0.459 e. The summed E-state index contributed by atoms with van der Waals surface area (Å²) < 4.78 is 33.3. The van der Waals surface area contributed by atoms with Gasteiger partial charge in [0.15, 0.2) is 0 Å². The second-order valence-corrected chi connectivity index (χ2v) is 12.9. The summed E-state index contributed by atoms with van der Waals surface area (Å²) in [5.41, 5.74) is 10.4. The fourth-order valence-corrected chi connectivity index (χ4v) is 7.83. The Bertz CT molecular complexity index is 2020. The number of hydrogen-bond acceptors (Lipinski definition) is 12. The van der Waals surface area contributed by atoms with E-state index >= 15 is 4.39 Å². The summed E-state index contributed by atoms with van der Waals surface area (Å²) in [6, 6.07) is 9.06. The first-order chi connectivity index (χ1) is 22.3. The quantitative estimate of drug-likeness (QED) is 0.212. The van der Waals surface area contributed by atoms with Crippen LogP contribution in [0.4, 0.5) is 15.2 Å². The van der Waals surface area contributed by atoms with Crippen LogP contribution in [-0.4, -0.2) is 64.0 Å². The molecule has 1 fully saturated rings. The van der Waals surface area contributed by atoms with Crippen LogP contribution < -0.4 is 15.8 Å². The molecule has 46 heavy (non-hydrogen) atoms. The molecule has 14 heteroatoms.